The normalized spacial score (nSPS) is 19.3. The molecule has 3 aromatic rings. The van der Waals surface area contributed by atoms with Crippen molar-refractivity contribution in [2.24, 2.45) is 5.92 Å². The van der Waals surface area contributed by atoms with Gasteiger partial charge in [-0.05, 0) is 43.4 Å². The Balaban J connectivity index is 1.61. The van der Waals surface area contributed by atoms with Crippen LogP contribution < -0.4 is 11.1 Å². The van der Waals surface area contributed by atoms with Crippen LogP contribution in [-0.2, 0) is 9.59 Å². The number of anilines is 2. The van der Waals surface area contributed by atoms with E-state index >= 15 is 0 Å². The number of fused-ring (bicyclic) bond motifs is 1. The molecule has 1 saturated heterocycles. The molecule has 8 nitrogen and oxygen atoms in total. The summed E-state index contributed by atoms with van der Waals surface area (Å²) in [5, 5.41) is 2.66. The molecule has 4 rings (SSSR count). The second-order valence-corrected chi connectivity index (χ2v) is 7.68. The van der Waals surface area contributed by atoms with Gasteiger partial charge in [-0.25, -0.2) is 9.97 Å². The predicted molar refractivity (Wildman–Crippen MR) is 111 cm³/mol. The number of nitrogens with zero attached hydrogens (tertiary/aromatic N) is 3. The second kappa shape index (κ2) is 7.54. The van der Waals surface area contributed by atoms with Crippen molar-refractivity contribution in [3.8, 4) is 0 Å². The van der Waals surface area contributed by atoms with Crippen molar-refractivity contribution in [1.82, 2.24) is 19.9 Å². The van der Waals surface area contributed by atoms with Gasteiger partial charge in [-0.2, -0.15) is 0 Å². The summed E-state index contributed by atoms with van der Waals surface area (Å²) in [5.41, 5.74) is 9.63. The topological polar surface area (TPSA) is 117 Å². The lowest BCUT2D eigenvalue weighted by Gasteiger charge is -2.38. The summed E-state index contributed by atoms with van der Waals surface area (Å²) >= 11 is 0. The Labute approximate surface area is 168 Å². The zero-order valence-corrected chi connectivity index (χ0v) is 16.5. The number of hydrogen-bond acceptors (Lipinski definition) is 5. The van der Waals surface area contributed by atoms with E-state index in [1.54, 1.807) is 24.2 Å². The lowest BCUT2D eigenvalue weighted by molar-refractivity contribution is -0.146. The number of pyridine rings is 1. The van der Waals surface area contributed by atoms with Gasteiger partial charge in [-0.3, -0.25) is 9.59 Å². The number of likely N-dealkylation sites (tertiary alicyclic amines) is 1. The molecule has 0 saturated carbocycles. The summed E-state index contributed by atoms with van der Waals surface area (Å²) in [4.78, 5) is 39.1. The molecular formula is C21H24N6O2. The quantitative estimate of drug-likeness (QED) is 0.580. The van der Waals surface area contributed by atoms with Gasteiger partial charge in [-0.15, -0.1) is 0 Å². The molecule has 1 aliphatic rings. The molecule has 0 unspecified atom stereocenters. The Morgan fingerprint density at radius 2 is 2.10 bits per heavy atom. The molecular weight excluding hydrogens is 368 g/mol. The fraction of sp³-hybridized carbons (Fsp3) is 0.333. The Bertz CT molecular complexity index is 1080. The molecule has 0 radical (unpaired) electrons. The van der Waals surface area contributed by atoms with Crippen LogP contribution in [0.5, 0.6) is 0 Å². The number of aromatic nitrogens is 3. The molecule has 8 heteroatoms. The van der Waals surface area contributed by atoms with Crippen LogP contribution >= 0.6 is 0 Å². The summed E-state index contributed by atoms with van der Waals surface area (Å²) in [6.45, 7) is 4.42. The molecule has 150 valence electrons. The fourth-order valence-corrected chi connectivity index (χ4v) is 3.93. The zero-order valence-electron chi connectivity index (χ0n) is 16.5. The molecule has 1 aliphatic heterocycles. The minimum Gasteiger partial charge on any atom is -0.383 e. The Morgan fingerprint density at radius 1 is 1.28 bits per heavy atom. The van der Waals surface area contributed by atoms with E-state index in [4.69, 9.17) is 5.73 Å². The molecule has 0 spiro atoms. The van der Waals surface area contributed by atoms with E-state index in [-0.39, 0.29) is 6.04 Å². The number of benzene rings is 1. The Morgan fingerprint density at radius 3 is 2.90 bits per heavy atom. The van der Waals surface area contributed by atoms with Gasteiger partial charge in [0.25, 0.3) is 0 Å². The van der Waals surface area contributed by atoms with Crippen LogP contribution in [-0.4, -0.2) is 38.2 Å². The molecule has 0 bridgehead atoms. The van der Waals surface area contributed by atoms with Crippen molar-refractivity contribution in [2.45, 2.75) is 32.7 Å². The van der Waals surface area contributed by atoms with E-state index in [1.807, 2.05) is 18.2 Å². The number of nitrogens with two attached hydrogens (primary N) is 1. The first-order valence-electron chi connectivity index (χ1n) is 9.70. The molecule has 4 N–H and O–H groups in total. The van der Waals surface area contributed by atoms with Crippen LogP contribution in [0.25, 0.3) is 11.0 Å². The monoisotopic (exact) mass is 392 g/mol. The van der Waals surface area contributed by atoms with Gasteiger partial charge in [0.15, 0.2) is 0 Å². The first kappa shape index (κ1) is 18.9. The summed E-state index contributed by atoms with van der Waals surface area (Å²) in [7, 11) is 0. The minimum absolute atomic E-state index is 0.192. The number of rotatable bonds is 2. The minimum atomic E-state index is -0.677. The van der Waals surface area contributed by atoms with E-state index in [0.29, 0.717) is 24.0 Å². The van der Waals surface area contributed by atoms with Gasteiger partial charge in [0.1, 0.15) is 5.82 Å². The molecule has 1 fully saturated rings. The predicted octanol–water partition coefficient (Wildman–Crippen LogP) is 2.79. The lowest BCUT2D eigenvalue weighted by Crippen LogP contribution is -2.46. The maximum atomic E-state index is 13.1. The Hall–Kier alpha value is -3.42. The zero-order chi connectivity index (χ0) is 20.5. The number of amides is 2. The summed E-state index contributed by atoms with van der Waals surface area (Å²) in [5.74, 6) is -0.513. The van der Waals surface area contributed by atoms with Gasteiger partial charge in [0.05, 0.1) is 35.3 Å². The van der Waals surface area contributed by atoms with Crippen LogP contribution in [0.4, 0.5) is 11.5 Å². The standard InChI is InChI=1S/C21H24N6O2/c1-12-6-7-17(15-4-3-5-16-18(15)25-11-24-16)27(10-12)21(29)20(28)26-14-8-13(2)19(22)23-9-14/h3-5,8-9,11-12,17H,6-7,10H2,1-2H3,(H2,22,23)(H,24,25)(H,26,28)/t12-,17+/m0/s1. The molecule has 2 atom stereocenters. The van der Waals surface area contributed by atoms with Crippen LogP contribution in [0.3, 0.4) is 0 Å². The van der Waals surface area contributed by atoms with Crippen LogP contribution in [0, 0.1) is 12.8 Å². The SMILES string of the molecule is Cc1cc(NC(=O)C(=O)N2C[C@@H](C)CC[C@@H]2c2cccc3[nH]cnc23)cnc1N. The second-order valence-electron chi connectivity index (χ2n) is 7.68. The van der Waals surface area contributed by atoms with Gasteiger partial charge in [0.2, 0.25) is 0 Å². The molecule has 0 aliphatic carbocycles. The number of carbonyl (C=O) groups is 2. The van der Waals surface area contributed by atoms with Crippen LogP contribution in [0.2, 0.25) is 0 Å². The average molecular weight is 392 g/mol. The third kappa shape index (κ3) is 3.65. The van der Waals surface area contributed by atoms with Crippen molar-refractivity contribution in [3.63, 3.8) is 0 Å². The van der Waals surface area contributed by atoms with Crippen LogP contribution in [0.1, 0.15) is 36.9 Å². The van der Waals surface area contributed by atoms with Crippen molar-refractivity contribution in [2.75, 3.05) is 17.6 Å². The van der Waals surface area contributed by atoms with E-state index in [2.05, 4.69) is 27.2 Å². The maximum absolute atomic E-state index is 13.1. The lowest BCUT2D eigenvalue weighted by atomic mass is 9.89. The number of hydrogen-bond donors (Lipinski definition) is 3. The average Bonchev–Trinajstić information content (AvgIpc) is 3.19. The number of nitrogen functional groups attached to an aromatic ring is 1. The van der Waals surface area contributed by atoms with E-state index in [0.717, 1.165) is 35.0 Å². The largest absolute Gasteiger partial charge is 0.383 e. The number of nitrogens with one attached hydrogen (secondary N) is 2. The van der Waals surface area contributed by atoms with Crippen molar-refractivity contribution < 1.29 is 9.59 Å². The van der Waals surface area contributed by atoms with Crippen molar-refractivity contribution in [1.29, 1.82) is 0 Å². The number of carbonyl (C=O) groups excluding carboxylic acids is 2. The number of aryl methyl sites for hydroxylation is 1. The van der Waals surface area contributed by atoms with Gasteiger partial charge >= 0.3 is 11.8 Å². The summed E-state index contributed by atoms with van der Waals surface area (Å²) < 4.78 is 0. The highest BCUT2D eigenvalue weighted by atomic mass is 16.2. The van der Waals surface area contributed by atoms with Crippen molar-refractivity contribution >= 4 is 34.4 Å². The number of aromatic amines is 1. The number of piperidine rings is 1. The highest BCUT2D eigenvalue weighted by molar-refractivity contribution is 6.39. The first-order chi connectivity index (χ1) is 13.9. The molecule has 2 aromatic heterocycles. The summed E-state index contributed by atoms with van der Waals surface area (Å²) in [6, 6.07) is 7.39. The smallest absolute Gasteiger partial charge is 0.313 e. The van der Waals surface area contributed by atoms with Crippen molar-refractivity contribution in [3.05, 3.63) is 47.9 Å². The molecule has 1 aromatic carbocycles. The number of para-hydroxylation sites is 1. The Kier molecular flexibility index (Phi) is 4.92. The third-order valence-corrected chi connectivity index (χ3v) is 5.49. The van der Waals surface area contributed by atoms with E-state index in [1.165, 1.54) is 6.20 Å². The third-order valence-electron chi connectivity index (χ3n) is 5.49. The summed E-state index contributed by atoms with van der Waals surface area (Å²) in [6.07, 6.45) is 4.87. The highest BCUT2D eigenvalue weighted by Crippen LogP contribution is 2.36. The molecule has 2 amide bonds. The number of H-pyrrole nitrogens is 1. The molecule has 29 heavy (non-hydrogen) atoms. The van der Waals surface area contributed by atoms with E-state index < -0.39 is 11.8 Å². The van der Waals surface area contributed by atoms with E-state index in [9.17, 15) is 9.59 Å². The first-order valence-corrected chi connectivity index (χ1v) is 9.70. The molecule has 3 heterocycles. The van der Waals surface area contributed by atoms with Crippen LogP contribution in [0.15, 0.2) is 36.8 Å². The fourth-order valence-electron chi connectivity index (χ4n) is 3.93. The van der Waals surface area contributed by atoms with Gasteiger partial charge in [-0.1, -0.05) is 19.1 Å². The maximum Gasteiger partial charge on any atom is 0.313 e. The number of imidazole rings is 1. The highest BCUT2D eigenvalue weighted by Gasteiger charge is 2.35. The van der Waals surface area contributed by atoms with Gasteiger partial charge in [0, 0.05) is 12.1 Å². The van der Waals surface area contributed by atoms with Gasteiger partial charge < -0.3 is 20.9 Å².